The van der Waals surface area contributed by atoms with Gasteiger partial charge in [0, 0.05) is 18.4 Å². The maximum absolute atomic E-state index is 4.61. The lowest BCUT2D eigenvalue weighted by Gasteiger charge is -2.20. The molecule has 0 unspecified atom stereocenters. The van der Waals surface area contributed by atoms with Crippen LogP contribution in [0.3, 0.4) is 0 Å². The van der Waals surface area contributed by atoms with Gasteiger partial charge in [-0.2, -0.15) is 0 Å². The van der Waals surface area contributed by atoms with Crippen molar-refractivity contribution < 1.29 is 0 Å². The Morgan fingerprint density at radius 2 is 1.85 bits per heavy atom. The second-order valence-electron chi connectivity index (χ2n) is 6.61. The molecule has 0 saturated heterocycles. The first kappa shape index (κ1) is 15.7. The highest BCUT2D eigenvalue weighted by atomic mass is 15.2. The van der Waals surface area contributed by atoms with Gasteiger partial charge in [0.25, 0.3) is 0 Å². The summed E-state index contributed by atoms with van der Waals surface area (Å²) in [6, 6.07) is 19.0. The Hall–Kier alpha value is -3.53. The van der Waals surface area contributed by atoms with E-state index in [0.29, 0.717) is 0 Å². The molecule has 27 heavy (non-hydrogen) atoms. The van der Waals surface area contributed by atoms with E-state index in [-0.39, 0.29) is 0 Å². The summed E-state index contributed by atoms with van der Waals surface area (Å²) in [5.41, 5.74) is 7.71. The quantitative estimate of drug-likeness (QED) is 0.520. The Labute approximate surface area is 157 Å². The number of hydrogen-bond acceptors (Lipinski definition) is 4. The number of benzene rings is 2. The highest BCUT2D eigenvalue weighted by molar-refractivity contribution is 5.91. The van der Waals surface area contributed by atoms with E-state index in [1.807, 2.05) is 12.3 Å². The SMILES string of the molecule is C=Cc1cnc2c(N3CCc4c(-c5ccccc5)cccc43)ncnc2c1. The van der Waals surface area contributed by atoms with Crippen LogP contribution in [0.15, 0.2) is 73.7 Å². The molecule has 1 aliphatic heterocycles. The fourth-order valence-electron chi connectivity index (χ4n) is 3.80. The molecule has 3 heterocycles. The van der Waals surface area contributed by atoms with E-state index in [9.17, 15) is 0 Å². The first-order valence-electron chi connectivity index (χ1n) is 9.03. The molecule has 0 spiro atoms. The number of fused-ring (bicyclic) bond motifs is 2. The minimum Gasteiger partial charge on any atom is -0.324 e. The molecule has 4 heteroatoms. The fourth-order valence-corrected chi connectivity index (χ4v) is 3.80. The van der Waals surface area contributed by atoms with Gasteiger partial charge in [-0.05, 0) is 40.8 Å². The van der Waals surface area contributed by atoms with Gasteiger partial charge < -0.3 is 4.90 Å². The van der Waals surface area contributed by atoms with Gasteiger partial charge in [-0.15, -0.1) is 0 Å². The molecule has 4 nitrogen and oxygen atoms in total. The third-order valence-corrected chi connectivity index (χ3v) is 5.08. The second kappa shape index (κ2) is 6.32. The fraction of sp³-hybridized carbons (Fsp3) is 0.0870. The molecule has 2 aromatic heterocycles. The van der Waals surface area contributed by atoms with E-state index < -0.39 is 0 Å². The second-order valence-corrected chi connectivity index (χ2v) is 6.61. The number of aromatic nitrogens is 3. The Kier molecular flexibility index (Phi) is 3.68. The molecule has 0 fully saturated rings. The third-order valence-electron chi connectivity index (χ3n) is 5.08. The van der Waals surface area contributed by atoms with Crippen LogP contribution in [0.5, 0.6) is 0 Å². The lowest BCUT2D eigenvalue weighted by atomic mass is 9.98. The Morgan fingerprint density at radius 3 is 2.70 bits per heavy atom. The van der Waals surface area contributed by atoms with Gasteiger partial charge in [-0.25, -0.2) is 9.97 Å². The van der Waals surface area contributed by atoms with Crippen molar-refractivity contribution in [2.24, 2.45) is 0 Å². The van der Waals surface area contributed by atoms with Crippen molar-refractivity contribution in [3.8, 4) is 11.1 Å². The molecule has 1 aliphatic rings. The van der Waals surface area contributed by atoms with Crippen molar-refractivity contribution in [1.29, 1.82) is 0 Å². The molecule has 130 valence electrons. The van der Waals surface area contributed by atoms with Gasteiger partial charge in [0.15, 0.2) is 5.82 Å². The molecule has 0 saturated carbocycles. The van der Waals surface area contributed by atoms with Crippen molar-refractivity contribution >= 4 is 28.6 Å². The average Bonchev–Trinajstić information content (AvgIpc) is 3.17. The van der Waals surface area contributed by atoms with E-state index in [1.165, 1.54) is 22.4 Å². The Morgan fingerprint density at radius 1 is 0.963 bits per heavy atom. The summed E-state index contributed by atoms with van der Waals surface area (Å²) in [5, 5.41) is 0. The molecule has 0 radical (unpaired) electrons. The largest absolute Gasteiger partial charge is 0.324 e. The van der Waals surface area contributed by atoms with Crippen LogP contribution in [-0.2, 0) is 6.42 Å². The molecule has 2 aromatic carbocycles. The topological polar surface area (TPSA) is 41.9 Å². The predicted octanol–water partition coefficient (Wildman–Crippen LogP) is 5.03. The van der Waals surface area contributed by atoms with Crippen molar-refractivity contribution in [3.63, 3.8) is 0 Å². The first-order valence-corrected chi connectivity index (χ1v) is 9.03. The van der Waals surface area contributed by atoms with Gasteiger partial charge in [-0.1, -0.05) is 55.1 Å². The molecule has 4 aromatic rings. The Bertz CT molecular complexity index is 1150. The summed E-state index contributed by atoms with van der Waals surface area (Å²) in [5.74, 6) is 0.861. The van der Waals surface area contributed by atoms with E-state index in [4.69, 9.17) is 0 Å². The van der Waals surface area contributed by atoms with Crippen LogP contribution in [0.25, 0.3) is 28.2 Å². The monoisotopic (exact) mass is 350 g/mol. The van der Waals surface area contributed by atoms with Crippen LogP contribution in [0, 0.1) is 0 Å². The molecular weight excluding hydrogens is 332 g/mol. The van der Waals surface area contributed by atoms with Gasteiger partial charge in [-0.3, -0.25) is 4.98 Å². The zero-order valence-electron chi connectivity index (χ0n) is 14.8. The smallest absolute Gasteiger partial charge is 0.163 e. The van der Waals surface area contributed by atoms with Crippen molar-refractivity contribution in [2.75, 3.05) is 11.4 Å². The number of anilines is 2. The highest BCUT2D eigenvalue weighted by Gasteiger charge is 2.26. The van der Waals surface area contributed by atoms with Gasteiger partial charge in [0.1, 0.15) is 11.8 Å². The molecular formula is C23H18N4. The van der Waals surface area contributed by atoms with Crippen molar-refractivity contribution in [3.05, 3.63) is 84.8 Å². The summed E-state index contributed by atoms with van der Waals surface area (Å²) < 4.78 is 0. The third kappa shape index (κ3) is 2.57. The Balaban J connectivity index is 1.65. The van der Waals surface area contributed by atoms with Crippen LogP contribution < -0.4 is 4.90 Å². The average molecular weight is 350 g/mol. The van der Waals surface area contributed by atoms with Crippen LogP contribution in [0.2, 0.25) is 0 Å². The van der Waals surface area contributed by atoms with Gasteiger partial charge in [0.2, 0.25) is 0 Å². The van der Waals surface area contributed by atoms with E-state index in [2.05, 4.69) is 75.0 Å². The zero-order chi connectivity index (χ0) is 18.2. The first-order chi connectivity index (χ1) is 13.3. The summed E-state index contributed by atoms with van der Waals surface area (Å²) in [7, 11) is 0. The molecule has 0 amide bonds. The maximum atomic E-state index is 4.61. The summed E-state index contributed by atoms with van der Waals surface area (Å²) in [6.07, 6.45) is 6.20. The lowest BCUT2D eigenvalue weighted by molar-refractivity contribution is 0.971. The zero-order valence-corrected chi connectivity index (χ0v) is 14.8. The summed E-state index contributed by atoms with van der Waals surface area (Å²) >= 11 is 0. The summed E-state index contributed by atoms with van der Waals surface area (Å²) in [4.78, 5) is 15.8. The van der Waals surface area contributed by atoms with Gasteiger partial charge >= 0.3 is 0 Å². The predicted molar refractivity (Wildman–Crippen MR) is 110 cm³/mol. The number of nitrogens with zero attached hydrogens (tertiary/aromatic N) is 4. The number of pyridine rings is 1. The van der Waals surface area contributed by atoms with E-state index in [1.54, 1.807) is 12.4 Å². The minimum atomic E-state index is 0.820. The van der Waals surface area contributed by atoms with E-state index >= 15 is 0 Å². The van der Waals surface area contributed by atoms with Crippen LogP contribution in [0.1, 0.15) is 11.1 Å². The van der Waals surface area contributed by atoms with Crippen molar-refractivity contribution in [1.82, 2.24) is 15.0 Å². The molecule has 0 atom stereocenters. The molecule has 5 rings (SSSR count). The minimum absolute atomic E-state index is 0.820. The lowest BCUT2D eigenvalue weighted by Crippen LogP contribution is -2.15. The highest BCUT2D eigenvalue weighted by Crippen LogP contribution is 2.40. The summed E-state index contributed by atoms with van der Waals surface area (Å²) in [6.45, 7) is 4.70. The van der Waals surface area contributed by atoms with Gasteiger partial charge in [0.05, 0.1) is 5.52 Å². The molecule has 0 bridgehead atoms. The normalized spacial score (nSPS) is 13.0. The van der Waals surface area contributed by atoms with Crippen LogP contribution in [0.4, 0.5) is 11.5 Å². The van der Waals surface area contributed by atoms with Crippen LogP contribution in [-0.4, -0.2) is 21.5 Å². The number of rotatable bonds is 3. The molecule has 0 N–H and O–H groups in total. The maximum Gasteiger partial charge on any atom is 0.163 e. The van der Waals surface area contributed by atoms with E-state index in [0.717, 1.165) is 35.4 Å². The molecule has 0 aliphatic carbocycles. The number of hydrogen-bond donors (Lipinski definition) is 0. The van der Waals surface area contributed by atoms with Crippen molar-refractivity contribution in [2.45, 2.75) is 6.42 Å². The standard InChI is InChI=1S/C23H18N4/c1-2-16-13-20-22(24-14-16)23(26-15-25-20)27-12-11-19-18(9-6-10-21(19)27)17-7-4-3-5-8-17/h2-10,13-15H,1,11-12H2. The van der Waals surface area contributed by atoms with Crippen LogP contribution >= 0.6 is 0 Å².